The number of benzene rings is 2. The van der Waals surface area contributed by atoms with Crippen molar-refractivity contribution in [3.63, 3.8) is 0 Å². The Morgan fingerprint density at radius 1 is 1.15 bits per heavy atom. The minimum Gasteiger partial charge on any atom is -0.377 e. The van der Waals surface area contributed by atoms with Gasteiger partial charge in [-0.2, -0.15) is 0 Å². The van der Waals surface area contributed by atoms with Gasteiger partial charge in [0.25, 0.3) is 11.6 Å². The van der Waals surface area contributed by atoms with E-state index in [1.807, 2.05) is 24.3 Å². The molecule has 7 nitrogen and oxygen atoms in total. The van der Waals surface area contributed by atoms with E-state index in [-0.39, 0.29) is 17.2 Å². The third kappa shape index (κ3) is 4.55. The van der Waals surface area contributed by atoms with Crippen LogP contribution in [0, 0.1) is 10.1 Å². The predicted octanol–water partition coefficient (Wildman–Crippen LogP) is 4.27. The molecule has 142 valence electrons. The number of nitrogens with one attached hydrogen (secondary N) is 2. The largest absolute Gasteiger partial charge is 0.377 e. The fraction of sp³-hybridized carbons (Fsp3) is 0.350. The summed E-state index contributed by atoms with van der Waals surface area (Å²) in [6.45, 7) is 6.00. The lowest BCUT2D eigenvalue weighted by Gasteiger charge is -2.21. The Balaban J connectivity index is 1.73. The van der Waals surface area contributed by atoms with Gasteiger partial charge in [-0.1, -0.05) is 0 Å². The molecule has 1 amide bonds. The standard InChI is InChI=1S/C20H24N4O3/c1-3-23(4-2)17-10-8-16(9-11-17)22-20(25)14-5-12-18(21-15-6-7-15)19(13-14)24(26)27/h5,8-13,15,21H,3-4,6-7H2,1-2H3,(H,22,25). The average molecular weight is 368 g/mol. The second-order valence-electron chi connectivity index (χ2n) is 6.58. The number of nitrogens with zero attached hydrogens (tertiary/aromatic N) is 2. The van der Waals surface area contributed by atoms with Gasteiger partial charge in [0.2, 0.25) is 0 Å². The summed E-state index contributed by atoms with van der Waals surface area (Å²) in [5, 5.41) is 17.3. The van der Waals surface area contributed by atoms with Crippen molar-refractivity contribution in [3.8, 4) is 0 Å². The van der Waals surface area contributed by atoms with Gasteiger partial charge in [-0.3, -0.25) is 14.9 Å². The Morgan fingerprint density at radius 3 is 2.37 bits per heavy atom. The molecule has 1 saturated carbocycles. The van der Waals surface area contributed by atoms with Crippen LogP contribution in [0.5, 0.6) is 0 Å². The highest BCUT2D eigenvalue weighted by Crippen LogP contribution is 2.31. The number of nitro groups is 1. The van der Waals surface area contributed by atoms with Gasteiger partial charge in [0, 0.05) is 42.1 Å². The molecule has 0 heterocycles. The van der Waals surface area contributed by atoms with E-state index in [4.69, 9.17) is 0 Å². The van der Waals surface area contributed by atoms with Crippen LogP contribution in [0.4, 0.5) is 22.7 Å². The van der Waals surface area contributed by atoms with Gasteiger partial charge in [-0.15, -0.1) is 0 Å². The zero-order valence-corrected chi connectivity index (χ0v) is 15.6. The zero-order chi connectivity index (χ0) is 19.4. The Labute approximate surface area is 158 Å². The molecule has 0 aliphatic heterocycles. The van der Waals surface area contributed by atoms with Crippen LogP contribution in [-0.4, -0.2) is 30.0 Å². The van der Waals surface area contributed by atoms with Crippen molar-refractivity contribution in [3.05, 3.63) is 58.1 Å². The fourth-order valence-corrected chi connectivity index (χ4v) is 2.94. The SMILES string of the molecule is CCN(CC)c1ccc(NC(=O)c2ccc(NC3CC3)c([N+](=O)[O-])c2)cc1. The third-order valence-corrected chi connectivity index (χ3v) is 4.65. The van der Waals surface area contributed by atoms with Crippen LogP contribution in [0.2, 0.25) is 0 Å². The molecule has 7 heteroatoms. The molecule has 0 atom stereocenters. The first-order valence-corrected chi connectivity index (χ1v) is 9.23. The Morgan fingerprint density at radius 2 is 1.81 bits per heavy atom. The highest BCUT2D eigenvalue weighted by Gasteiger charge is 2.25. The van der Waals surface area contributed by atoms with E-state index in [2.05, 4.69) is 29.4 Å². The Kier molecular flexibility index (Phi) is 5.59. The molecule has 3 rings (SSSR count). The molecule has 0 bridgehead atoms. The number of hydrogen-bond donors (Lipinski definition) is 2. The molecule has 1 aliphatic carbocycles. The molecule has 0 saturated heterocycles. The van der Waals surface area contributed by atoms with Crippen molar-refractivity contribution in [1.29, 1.82) is 0 Å². The first-order chi connectivity index (χ1) is 13.0. The molecule has 0 unspecified atom stereocenters. The lowest BCUT2D eigenvalue weighted by Crippen LogP contribution is -2.21. The number of amides is 1. The number of anilines is 3. The highest BCUT2D eigenvalue weighted by molar-refractivity contribution is 6.05. The van der Waals surface area contributed by atoms with Gasteiger partial charge < -0.3 is 15.5 Å². The van der Waals surface area contributed by atoms with Crippen molar-refractivity contribution in [1.82, 2.24) is 0 Å². The van der Waals surface area contributed by atoms with Crippen LogP contribution in [0.15, 0.2) is 42.5 Å². The van der Waals surface area contributed by atoms with E-state index >= 15 is 0 Å². The lowest BCUT2D eigenvalue weighted by molar-refractivity contribution is -0.384. The number of hydrogen-bond acceptors (Lipinski definition) is 5. The quantitative estimate of drug-likeness (QED) is 0.537. The minimum absolute atomic E-state index is 0.0774. The molecule has 2 aromatic carbocycles. The number of rotatable bonds is 8. The fourth-order valence-electron chi connectivity index (χ4n) is 2.94. The smallest absolute Gasteiger partial charge is 0.293 e. The molecule has 1 aliphatic rings. The Bertz CT molecular complexity index is 828. The summed E-state index contributed by atoms with van der Waals surface area (Å²) < 4.78 is 0. The molecule has 27 heavy (non-hydrogen) atoms. The highest BCUT2D eigenvalue weighted by atomic mass is 16.6. The summed E-state index contributed by atoms with van der Waals surface area (Å²) in [5.74, 6) is -0.369. The second-order valence-corrected chi connectivity index (χ2v) is 6.58. The number of nitro benzene ring substituents is 1. The van der Waals surface area contributed by atoms with Gasteiger partial charge in [0.1, 0.15) is 5.69 Å². The molecular formula is C20H24N4O3. The molecule has 0 aromatic heterocycles. The van der Waals surface area contributed by atoms with Gasteiger partial charge in [-0.05, 0) is 63.1 Å². The van der Waals surface area contributed by atoms with Crippen LogP contribution in [0.1, 0.15) is 37.0 Å². The minimum atomic E-state index is -0.458. The number of carbonyl (C=O) groups excluding carboxylic acids is 1. The van der Waals surface area contributed by atoms with Gasteiger partial charge in [0.15, 0.2) is 0 Å². The second kappa shape index (κ2) is 8.07. The van der Waals surface area contributed by atoms with Crippen LogP contribution >= 0.6 is 0 Å². The monoisotopic (exact) mass is 368 g/mol. The molecule has 0 radical (unpaired) electrons. The van der Waals surface area contributed by atoms with Crippen LogP contribution in [-0.2, 0) is 0 Å². The number of carbonyl (C=O) groups is 1. The summed E-state index contributed by atoms with van der Waals surface area (Å²) in [6.07, 6.45) is 2.03. The van der Waals surface area contributed by atoms with Crippen LogP contribution in [0.25, 0.3) is 0 Å². The van der Waals surface area contributed by atoms with E-state index in [1.165, 1.54) is 6.07 Å². The lowest BCUT2D eigenvalue weighted by atomic mass is 10.1. The van der Waals surface area contributed by atoms with Gasteiger partial charge in [-0.25, -0.2) is 0 Å². The van der Waals surface area contributed by atoms with E-state index in [0.29, 0.717) is 17.4 Å². The molecule has 2 N–H and O–H groups in total. The van der Waals surface area contributed by atoms with E-state index < -0.39 is 4.92 Å². The topological polar surface area (TPSA) is 87.5 Å². The summed E-state index contributed by atoms with van der Waals surface area (Å²) in [7, 11) is 0. The van der Waals surface area contributed by atoms with Gasteiger partial charge >= 0.3 is 0 Å². The normalized spacial score (nSPS) is 13.1. The molecule has 1 fully saturated rings. The maximum Gasteiger partial charge on any atom is 0.293 e. The van der Waals surface area contributed by atoms with E-state index in [1.54, 1.807) is 12.1 Å². The third-order valence-electron chi connectivity index (χ3n) is 4.65. The maximum absolute atomic E-state index is 12.5. The zero-order valence-electron chi connectivity index (χ0n) is 15.6. The van der Waals surface area contributed by atoms with Crippen molar-refractivity contribution >= 4 is 28.7 Å². The first kappa shape index (κ1) is 18.7. The predicted molar refractivity (Wildman–Crippen MR) is 108 cm³/mol. The molecule has 2 aromatic rings. The van der Waals surface area contributed by atoms with E-state index in [9.17, 15) is 14.9 Å². The molecular weight excluding hydrogens is 344 g/mol. The summed E-state index contributed by atoms with van der Waals surface area (Å²) in [4.78, 5) is 25.6. The maximum atomic E-state index is 12.5. The van der Waals surface area contributed by atoms with Gasteiger partial charge in [0.05, 0.1) is 4.92 Å². The summed E-state index contributed by atoms with van der Waals surface area (Å²) >= 11 is 0. The van der Waals surface area contributed by atoms with E-state index in [0.717, 1.165) is 31.6 Å². The summed E-state index contributed by atoms with van der Waals surface area (Å²) in [5.41, 5.74) is 2.38. The molecule has 0 spiro atoms. The van der Waals surface area contributed by atoms with Crippen molar-refractivity contribution in [2.24, 2.45) is 0 Å². The van der Waals surface area contributed by atoms with Crippen LogP contribution in [0.3, 0.4) is 0 Å². The first-order valence-electron chi connectivity index (χ1n) is 9.23. The summed E-state index contributed by atoms with van der Waals surface area (Å²) in [6, 6.07) is 12.4. The van der Waals surface area contributed by atoms with Crippen molar-refractivity contribution in [2.45, 2.75) is 32.7 Å². The van der Waals surface area contributed by atoms with Crippen molar-refractivity contribution < 1.29 is 9.72 Å². The van der Waals surface area contributed by atoms with Crippen molar-refractivity contribution in [2.75, 3.05) is 28.6 Å². The average Bonchev–Trinajstić information content (AvgIpc) is 3.48. The van der Waals surface area contributed by atoms with Crippen LogP contribution < -0.4 is 15.5 Å². The Hall–Kier alpha value is -3.09.